The number of fused-ring (bicyclic) bond motifs is 3. The van der Waals surface area contributed by atoms with Crippen molar-refractivity contribution in [3.63, 3.8) is 0 Å². The summed E-state index contributed by atoms with van der Waals surface area (Å²) in [5.74, 6) is -1.51. The third-order valence-corrected chi connectivity index (χ3v) is 6.05. The average Bonchev–Trinajstić information content (AvgIpc) is 3.13. The molecule has 0 saturated carbocycles. The lowest BCUT2D eigenvalue weighted by molar-refractivity contribution is -0.142. The monoisotopic (exact) mass is 452 g/mol. The minimum Gasteiger partial charge on any atom is -0.480 e. The average molecular weight is 453 g/mol. The van der Waals surface area contributed by atoms with Crippen LogP contribution in [0.1, 0.15) is 63.0 Å². The van der Waals surface area contributed by atoms with E-state index in [4.69, 9.17) is 9.84 Å². The Hall–Kier alpha value is -3.35. The van der Waals surface area contributed by atoms with Gasteiger partial charge in [0.05, 0.1) is 0 Å². The first-order valence-corrected chi connectivity index (χ1v) is 11.6. The topological polar surface area (TPSA) is 105 Å². The van der Waals surface area contributed by atoms with E-state index in [0.717, 1.165) is 35.1 Å². The molecule has 33 heavy (non-hydrogen) atoms. The predicted octanol–water partition coefficient (Wildman–Crippen LogP) is 4.45. The number of alkyl carbamates (subject to hydrolysis) is 1. The summed E-state index contributed by atoms with van der Waals surface area (Å²) in [7, 11) is 0. The van der Waals surface area contributed by atoms with Crippen LogP contribution in [0.2, 0.25) is 0 Å². The second-order valence-corrected chi connectivity index (χ2v) is 8.38. The maximum absolute atomic E-state index is 12.6. The highest BCUT2D eigenvalue weighted by molar-refractivity contribution is 5.84. The molecule has 7 nitrogen and oxygen atoms in total. The molecule has 2 aromatic rings. The predicted molar refractivity (Wildman–Crippen MR) is 126 cm³/mol. The van der Waals surface area contributed by atoms with Gasteiger partial charge < -0.3 is 20.5 Å². The van der Waals surface area contributed by atoms with Gasteiger partial charge in [0.25, 0.3) is 0 Å². The highest BCUT2D eigenvalue weighted by Gasteiger charge is 2.29. The van der Waals surface area contributed by atoms with Gasteiger partial charge in [-0.2, -0.15) is 0 Å². The van der Waals surface area contributed by atoms with Crippen LogP contribution in [-0.4, -0.2) is 41.8 Å². The van der Waals surface area contributed by atoms with Gasteiger partial charge in [-0.3, -0.25) is 4.79 Å². The molecule has 0 saturated heterocycles. The maximum Gasteiger partial charge on any atom is 0.407 e. The Bertz CT molecular complexity index is 945. The van der Waals surface area contributed by atoms with Crippen molar-refractivity contribution in [2.45, 2.75) is 64.0 Å². The molecule has 3 N–H and O–H groups in total. The van der Waals surface area contributed by atoms with Crippen LogP contribution < -0.4 is 10.6 Å². The highest BCUT2D eigenvalue weighted by atomic mass is 16.5. The molecule has 0 fully saturated rings. The largest absolute Gasteiger partial charge is 0.480 e. The second kappa shape index (κ2) is 11.5. The first-order chi connectivity index (χ1) is 15.9. The van der Waals surface area contributed by atoms with Crippen molar-refractivity contribution in [2.75, 3.05) is 6.61 Å². The van der Waals surface area contributed by atoms with Crippen molar-refractivity contribution >= 4 is 18.0 Å². The van der Waals surface area contributed by atoms with Gasteiger partial charge in [0, 0.05) is 18.4 Å². The summed E-state index contributed by atoms with van der Waals surface area (Å²) in [5, 5.41) is 14.5. The highest BCUT2D eigenvalue weighted by Crippen LogP contribution is 2.44. The zero-order chi connectivity index (χ0) is 23.8. The van der Waals surface area contributed by atoms with Crippen molar-refractivity contribution in [1.82, 2.24) is 10.6 Å². The zero-order valence-electron chi connectivity index (χ0n) is 19.2. The number of aliphatic carboxylic acids is 1. The normalized spacial score (nSPS) is 14.0. The van der Waals surface area contributed by atoms with Gasteiger partial charge in [-0.05, 0) is 35.1 Å². The van der Waals surface area contributed by atoms with E-state index in [1.165, 1.54) is 0 Å². The number of unbranched alkanes of at least 4 members (excludes halogenated alkanes) is 1. The number of nitrogens with one attached hydrogen (secondary N) is 2. The Morgan fingerprint density at radius 1 is 0.970 bits per heavy atom. The number of rotatable bonds is 11. The van der Waals surface area contributed by atoms with Crippen LogP contribution in [0.15, 0.2) is 48.5 Å². The summed E-state index contributed by atoms with van der Waals surface area (Å²) in [6.07, 6.45) is 2.08. The number of carboxylic acid groups (broad SMARTS) is 1. The van der Waals surface area contributed by atoms with E-state index in [9.17, 15) is 14.4 Å². The van der Waals surface area contributed by atoms with Crippen molar-refractivity contribution in [3.8, 4) is 11.1 Å². The first-order valence-electron chi connectivity index (χ1n) is 11.6. The lowest BCUT2D eigenvalue weighted by Gasteiger charge is -2.21. The van der Waals surface area contributed by atoms with E-state index in [1.807, 2.05) is 31.2 Å². The summed E-state index contributed by atoms with van der Waals surface area (Å²) in [6.45, 7) is 3.92. The molecule has 2 atom stereocenters. The molecule has 0 radical (unpaired) electrons. The lowest BCUT2D eigenvalue weighted by Crippen LogP contribution is -2.44. The summed E-state index contributed by atoms with van der Waals surface area (Å²) >= 11 is 0. The number of hydrogen-bond acceptors (Lipinski definition) is 4. The Balaban J connectivity index is 1.60. The molecule has 0 aromatic heterocycles. The molecule has 1 aliphatic rings. The molecule has 3 rings (SSSR count). The van der Waals surface area contributed by atoms with Gasteiger partial charge in [-0.15, -0.1) is 0 Å². The van der Waals surface area contributed by atoms with Gasteiger partial charge in [0.1, 0.15) is 12.6 Å². The molecule has 7 heteroatoms. The van der Waals surface area contributed by atoms with Crippen LogP contribution in [0.25, 0.3) is 11.1 Å². The number of carboxylic acids is 1. The summed E-state index contributed by atoms with van der Waals surface area (Å²) in [5.41, 5.74) is 4.58. The fourth-order valence-corrected chi connectivity index (χ4v) is 4.30. The van der Waals surface area contributed by atoms with E-state index in [1.54, 1.807) is 6.92 Å². The molecule has 0 spiro atoms. The van der Waals surface area contributed by atoms with Gasteiger partial charge in [-0.25, -0.2) is 9.59 Å². The van der Waals surface area contributed by atoms with Crippen LogP contribution in [0.3, 0.4) is 0 Å². The smallest absolute Gasteiger partial charge is 0.407 e. The Labute approximate surface area is 194 Å². The quantitative estimate of drug-likeness (QED) is 0.467. The zero-order valence-corrected chi connectivity index (χ0v) is 19.2. The third kappa shape index (κ3) is 6.12. The standard InChI is InChI=1S/C26H32N2O5/c1-3-5-10-17(15-24(29)28-23(4-2)25(30)31)27-26(32)33-16-22-20-13-8-6-11-18(20)19-12-7-9-14-21(19)22/h6-9,11-14,17,22-23H,3-5,10,15-16H2,1-2H3,(H,27,32)(H,28,29)(H,30,31)/t17-,23+/m1/s1. The molecule has 0 heterocycles. The van der Waals surface area contributed by atoms with Gasteiger partial charge >= 0.3 is 12.1 Å². The number of ether oxygens (including phenoxy) is 1. The van der Waals surface area contributed by atoms with Crippen LogP contribution in [0, 0.1) is 0 Å². The Kier molecular flexibility index (Phi) is 8.46. The molecular formula is C26H32N2O5. The molecule has 2 aromatic carbocycles. The van der Waals surface area contributed by atoms with E-state index >= 15 is 0 Å². The van der Waals surface area contributed by atoms with Crippen molar-refractivity contribution in [2.24, 2.45) is 0 Å². The number of carbonyl (C=O) groups is 3. The van der Waals surface area contributed by atoms with Crippen molar-refractivity contribution < 1.29 is 24.2 Å². The Morgan fingerprint density at radius 2 is 1.58 bits per heavy atom. The van der Waals surface area contributed by atoms with E-state index in [-0.39, 0.29) is 18.9 Å². The maximum atomic E-state index is 12.6. The van der Waals surface area contributed by atoms with Crippen LogP contribution >= 0.6 is 0 Å². The SMILES string of the molecule is CCCC[C@H](CC(=O)N[C@@H](CC)C(=O)O)NC(=O)OCC1c2ccccc2-c2ccccc21. The van der Waals surface area contributed by atoms with Crippen molar-refractivity contribution in [3.05, 3.63) is 59.7 Å². The van der Waals surface area contributed by atoms with Crippen LogP contribution in [-0.2, 0) is 14.3 Å². The molecular weight excluding hydrogens is 420 g/mol. The van der Waals surface area contributed by atoms with Gasteiger partial charge in [0.2, 0.25) is 5.91 Å². The second-order valence-electron chi connectivity index (χ2n) is 8.38. The van der Waals surface area contributed by atoms with E-state index < -0.39 is 30.1 Å². The number of amides is 2. The molecule has 0 aliphatic heterocycles. The Morgan fingerprint density at radius 3 is 2.12 bits per heavy atom. The fraction of sp³-hybridized carbons (Fsp3) is 0.423. The van der Waals surface area contributed by atoms with Crippen LogP contribution in [0.5, 0.6) is 0 Å². The number of hydrogen-bond donors (Lipinski definition) is 3. The van der Waals surface area contributed by atoms with Gasteiger partial charge in [0.15, 0.2) is 0 Å². The first kappa shape index (κ1) is 24.3. The van der Waals surface area contributed by atoms with Gasteiger partial charge in [-0.1, -0.05) is 75.2 Å². The molecule has 1 aliphatic carbocycles. The summed E-state index contributed by atoms with van der Waals surface area (Å²) < 4.78 is 5.60. The van der Waals surface area contributed by atoms with E-state index in [0.29, 0.717) is 12.8 Å². The van der Waals surface area contributed by atoms with Crippen molar-refractivity contribution in [1.29, 1.82) is 0 Å². The molecule has 176 valence electrons. The van der Waals surface area contributed by atoms with Crippen LogP contribution in [0.4, 0.5) is 4.79 Å². The molecule has 2 amide bonds. The number of carbonyl (C=O) groups excluding carboxylic acids is 2. The minimum absolute atomic E-state index is 0.00791. The lowest BCUT2D eigenvalue weighted by atomic mass is 9.98. The minimum atomic E-state index is -1.07. The third-order valence-electron chi connectivity index (χ3n) is 6.05. The summed E-state index contributed by atoms with van der Waals surface area (Å²) in [4.78, 5) is 36.1. The fourth-order valence-electron chi connectivity index (χ4n) is 4.30. The summed E-state index contributed by atoms with van der Waals surface area (Å²) in [6, 6.07) is 14.9. The number of benzene rings is 2. The van der Waals surface area contributed by atoms with E-state index in [2.05, 4.69) is 34.9 Å². The molecule has 0 bridgehead atoms. The molecule has 0 unspecified atom stereocenters.